The summed E-state index contributed by atoms with van der Waals surface area (Å²) in [5.74, 6) is 2.32. The first-order valence-electron chi connectivity index (χ1n) is 6.43. The van der Waals surface area contributed by atoms with Crippen molar-refractivity contribution in [2.75, 3.05) is 0 Å². The molecule has 1 aromatic heterocycles. The third-order valence-electron chi connectivity index (χ3n) is 2.67. The highest BCUT2D eigenvalue weighted by molar-refractivity contribution is 9.10. The van der Waals surface area contributed by atoms with Crippen molar-refractivity contribution in [1.82, 2.24) is 5.32 Å². The lowest BCUT2D eigenvalue weighted by Crippen LogP contribution is -2.21. The van der Waals surface area contributed by atoms with Crippen LogP contribution < -0.4 is 10.1 Å². The summed E-state index contributed by atoms with van der Waals surface area (Å²) in [6.07, 6.45) is 0. The monoisotopic (exact) mass is 357 g/mol. The van der Waals surface area contributed by atoms with Crippen LogP contribution in [0.25, 0.3) is 0 Å². The lowest BCUT2D eigenvalue weighted by molar-refractivity contribution is 0.264. The fraction of sp³-hybridized carbons (Fsp3) is 0.333. The normalized spacial score (nSPS) is 11.1. The Balaban J connectivity index is 1.92. The first kappa shape index (κ1) is 15.4. The van der Waals surface area contributed by atoms with E-state index in [4.69, 9.17) is 20.8 Å². The molecule has 1 heterocycles. The zero-order valence-electron chi connectivity index (χ0n) is 11.5. The van der Waals surface area contributed by atoms with Crippen molar-refractivity contribution >= 4 is 27.5 Å². The molecular weight excluding hydrogens is 342 g/mol. The summed E-state index contributed by atoms with van der Waals surface area (Å²) in [5.41, 5.74) is 0. The minimum absolute atomic E-state index is 0.359. The number of rotatable bonds is 6. The van der Waals surface area contributed by atoms with Gasteiger partial charge < -0.3 is 14.5 Å². The van der Waals surface area contributed by atoms with E-state index in [0.29, 0.717) is 23.4 Å². The maximum Gasteiger partial charge on any atom is 0.146 e. The number of benzene rings is 1. The number of halogens is 2. The highest BCUT2D eigenvalue weighted by Crippen LogP contribution is 2.28. The molecule has 3 nitrogen and oxygen atoms in total. The summed E-state index contributed by atoms with van der Waals surface area (Å²) in [4.78, 5) is 0. The maximum absolute atomic E-state index is 6.07. The number of nitrogens with one attached hydrogen (secondary N) is 1. The Morgan fingerprint density at radius 1 is 1.25 bits per heavy atom. The molecule has 0 saturated heterocycles. The van der Waals surface area contributed by atoms with Crippen LogP contribution in [0.15, 0.2) is 39.2 Å². The molecule has 20 heavy (non-hydrogen) atoms. The van der Waals surface area contributed by atoms with Crippen molar-refractivity contribution < 1.29 is 9.15 Å². The molecule has 0 aliphatic heterocycles. The summed E-state index contributed by atoms with van der Waals surface area (Å²) >= 11 is 9.46. The predicted molar refractivity (Wildman–Crippen MR) is 84.2 cm³/mol. The molecule has 0 bridgehead atoms. The van der Waals surface area contributed by atoms with Gasteiger partial charge in [-0.05, 0) is 30.3 Å². The van der Waals surface area contributed by atoms with Gasteiger partial charge in [0.2, 0.25) is 0 Å². The second kappa shape index (κ2) is 7.16. The molecule has 0 fully saturated rings. The summed E-state index contributed by atoms with van der Waals surface area (Å²) in [7, 11) is 0. The zero-order valence-corrected chi connectivity index (χ0v) is 13.8. The standard InChI is InChI=1S/C15H17BrClNO2/c1-10(2)18-8-12-4-5-13(20-12)9-19-15-7-11(16)3-6-14(15)17/h3-7,10,18H,8-9H2,1-2H3. The van der Waals surface area contributed by atoms with E-state index >= 15 is 0 Å². The van der Waals surface area contributed by atoms with E-state index in [0.717, 1.165) is 22.5 Å². The van der Waals surface area contributed by atoms with E-state index < -0.39 is 0 Å². The first-order valence-corrected chi connectivity index (χ1v) is 7.60. The minimum Gasteiger partial charge on any atom is -0.484 e. The van der Waals surface area contributed by atoms with Crippen molar-refractivity contribution in [3.63, 3.8) is 0 Å². The Kier molecular flexibility index (Phi) is 5.52. The summed E-state index contributed by atoms with van der Waals surface area (Å²) in [6.45, 7) is 5.28. The van der Waals surface area contributed by atoms with E-state index in [9.17, 15) is 0 Å². The first-order chi connectivity index (χ1) is 9.54. The largest absolute Gasteiger partial charge is 0.484 e. The second-order valence-electron chi connectivity index (χ2n) is 4.77. The molecule has 5 heteroatoms. The Bertz CT molecular complexity index is 569. The van der Waals surface area contributed by atoms with E-state index in [2.05, 4.69) is 35.1 Å². The topological polar surface area (TPSA) is 34.4 Å². The second-order valence-corrected chi connectivity index (χ2v) is 6.09. The van der Waals surface area contributed by atoms with Crippen LogP contribution in [0.5, 0.6) is 5.75 Å². The maximum atomic E-state index is 6.07. The number of furan rings is 1. The van der Waals surface area contributed by atoms with Crippen LogP contribution in [-0.2, 0) is 13.2 Å². The minimum atomic E-state index is 0.359. The van der Waals surface area contributed by atoms with Crippen LogP contribution in [-0.4, -0.2) is 6.04 Å². The van der Waals surface area contributed by atoms with Gasteiger partial charge in [0.15, 0.2) is 0 Å². The van der Waals surface area contributed by atoms with E-state index in [1.807, 2.05) is 24.3 Å². The van der Waals surface area contributed by atoms with E-state index in [-0.39, 0.29) is 0 Å². The van der Waals surface area contributed by atoms with Gasteiger partial charge in [-0.1, -0.05) is 41.4 Å². The smallest absolute Gasteiger partial charge is 0.146 e. The number of hydrogen-bond donors (Lipinski definition) is 1. The highest BCUT2D eigenvalue weighted by atomic mass is 79.9. The third-order valence-corrected chi connectivity index (χ3v) is 3.47. The molecule has 0 saturated carbocycles. The fourth-order valence-corrected chi connectivity index (χ4v) is 2.15. The number of hydrogen-bond acceptors (Lipinski definition) is 3. The van der Waals surface area contributed by atoms with Gasteiger partial charge in [0.25, 0.3) is 0 Å². The molecule has 0 aliphatic rings. The zero-order chi connectivity index (χ0) is 14.5. The van der Waals surface area contributed by atoms with Gasteiger partial charge >= 0.3 is 0 Å². The Morgan fingerprint density at radius 3 is 2.75 bits per heavy atom. The van der Waals surface area contributed by atoms with Gasteiger partial charge in [-0.15, -0.1) is 0 Å². The summed E-state index contributed by atoms with van der Waals surface area (Å²) in [6, 6.07) is 9.81. The predicted octanol–water partition coefficient (Wildman–Crippen LogP) is 4.77. The SMILES string of the molecule is CC(C)NCc1ccc(COc2cc(Br)ccc2Cl)o1. The molecule has 1 aromatic carbocycles. The molecule has 0 spiro atoms. The van der Waals surface area contributed by atoms with Gasteiger partial charge in [0.05, 0.1) is 11.6 Å². The molecule has 0 atom stereocenters. The van der Waals surface area contributed by atoms with Crippen LogP contribution in [0.3, 0.4) is 0 Å². The molecule has 0 unspecified atom stereocenters. The Hall–Kier alpha value is -0.970. The average Bonchev–Trinajstić information content (AvgIpc) is 2.85. The average molecular weight is 359 g/mol. The fourth-order valence-electron chi connectivity index (χ4n) is 1.64. The lowest BCUT2D eigenvalue weighted by atomic mass is 10.3. The van der Waals surface area contributed by atoms with Crippen molar-refractivity contribution in [3.8, 4) is 5.75 Å². The van der Waals surface area contributed by atoms with Crippen LogP contribution in [0.2, 0.25) is 5.02 Å². The molecule has 0 radical (unpaired) electrons. The van der Waals surface area contributed by atoms with E-state index in [1.165, 1.54) is 0 Å². The van der Waals surface area contributed by atoms with Crippen LogP contribution in [0.4, 0.5) is 0 Å². The molecule has 108 valence electrons. The summed E-state index contributed by atoms with van der Waals surface area (Å²) < 4.78 is 12.3. The van der Waals surface area contributed by atoms with Gasteiger partial charge in [-0.2, -0.15) is 0 Å². The van der Waals surface area contributed by atoms with Crippen molar-refractivity contribution in [2.45, 2.75) is 33.0 Å². The highest BCUT2D eigenvalue weighted by Gasteiger charge is 2.06. The molecular formula is C15H17BrClNO2. The Labute approximate surface area is 132 Å². The molecule has 2 rings (SSSR count). The quantitative estimate of drug-likeness (QED) is 0.807. The number of ether oxygens (including phenoxy) is 1. The van der Waals surface area contributed by atoms with Gasteiger partial charge in [-0.3, -0.25) is 0 Å². The van der Waals surface area contributed by atoms with Crippen LogP contribution in [0.1, 0.15) is 25.4 Å². The van der Waals surface area contributed by atoms with Gasteiger partial charge in [-0.25, -0.2) is 0 Å². The molecule has 2 aromatic rings. The molecule has 0 aliphatic carbocycles. The summed E-state index contributed by atoms with van der Waals surface area (Å²) in [5, 5.41) is 3.89. The van der Waals surface area contributed by atoms with Crippen molar-refractivity contribution in [3.05, 3.63) is 51.3 Å². The van der Waals surface area contributed by atoms with Gasteiger partial charge in [0, 0.05) is 10.5 Å². The lowest BCUT2D eigenvalue weighted by Gasteiger charge is -2.07. The Morgan fingerprint density at radius 2 is 2.00 bits per heavy atom. The van der Waals surface area contributed by atoms with E-state index in [1.54, 1.807) is 6.07 Å². The van der Waals surface area contributed by atoms with Gasteiger partial charge in [0.1, 0.15) is 23.9 Å². The van der Waals surface area contributed by atoms with Crippen molar-refractivity contribution in [2.24, 2.45) is 0 Å². The third kappa shape index (κ3) is 4.54. The molecule has 0 amide bonds. The van der Waals surface area contributed by atoms with Crippen LogP contribution in [0, 0.1) is 0 Å². The van der Waals surface area contributed by atoms with Crippen molar-refractivity contribution in [1.29, 1.82) is 0 Å². The van der Waals surface area contributed by atoms with Crippen LogP contribution >= 0.6 is 27.5 Å². The molecule has 1 N–H and O–H groups in total.